The number of hydrogen-bond donors (Lipinski definition) is 1. The zero-order chi connectivity index (χ0) is 25.6. The monoisotopic (exact) mass is 519 g/mol. The number of piperazine rings is 1. The minimum absolute atomic E-state index is 0.149. The van der Waals surface area contributed by atoms with Crippen LogP contribution in [0.25, 0.3) is 11.0 Å². The van der Waals surface area contributed by atoms with Gasteiger partial charge >= 0.3 is 5.97 Å². The van der Waals surface area contributed by atoms with Gasteiger partial charge < -0.3 is 9.67 Å². The molecule has 2 aromatic rings. The van der Waals surface area contributed by atoms with Crippen LogP contribution in [0.5, 0.6) is 0 Å². The van der Waals surface area contributed by atoms with Crippen LogP contribution in [0.4, 0.5) is 0 Å². The van der Waals surface area contributed by atoms with Crippen LogP contribution in [0, 0.1) is 11.8 Å². The number of piperidine rings is 2. The molecule has 5 aliphatic rings. The number of carboxylic acid groups (broad SMARTS) is 1. The van der Waals surface area contributed by atoms with E-state index in [0.717, 1.165) is 68.2 Å². The molecule has 0 amide bonds. The van der Waals surface area contributed by atoms with Gasteiger partial charge in [0.25, 0.3) is 0 Å². The van der Waals surface area contributed by atoms with Gasteiger partial charge in [-0.3, -0.25) is 19.5 Å². The fourth-order valence-electron chi connectivity index (χ4n) is 9.25. The molecule has 6 atom stereocenters. The lowest BCUT2D eigenvalue weighted by Crippen LogP contribution is -2.58. The number of aliphatic carboxylic acids is 1. The first kappa shape index (κ1) is 25.0. The Morgan fingerprint density at radius 2 is 1.45 bits per heavy atom. The van der Waals surface area contributed by atoms with E-state index >= 15 is 0 Å². The summed E-state index contributed by atoms with van der Waals surface area (Å²) in [5.74, 6) is 2.47. The lowest BCUT2D eigenvalue weighted by Gasteiger charge is -2.55. The van der Waals surface area contributed by atoms with Crippen LogP contribution >= 0.6 is 0 Å². The minimum Gasteiger partial charge on any atom is -0.480 e. The van der Waals surface area contributed by atoms with Gasteiger partial charge in [0.15, 0.2) is 0 Å². The molecule has 7 nitrogen and oxygen atoms in total. The van der Waals surface area contributed by atoms with Gasteiger partial charge in [0.2, 0.25) is 0 Å². The van der Waals surface area contributed by atoms with Crippen molar-refractivity contribution in [3.63, 3.8) is 0 Å². The van der Waals surface area contributed by atoms with Crippen molar-refractivity contribution in [1.82, 2.24) is 24.3 Å². The smallest absolute Gasteiger partial charge is 0.317 e. The van der Waals surface area contributed by atoms with Gasteiger partial charge in [-0.1, -0.05) is 37.8 Å². The molecule has 7 rings (SSSR count). The number of fused-ring (bicyclic) bond motifs is 5. The molecule has 0 radical (unpaired) electrons. The van der Waals surface area contributed by atoms with Gasteiger partial charge in [0.1, 0.15) is 5.82 Å². The van der Waals surface area contributed by atoms with Crippen LogP contribution in [0.15, 0.2) is 24.3 Å². The predicted molar refractivity (Wildman–Crippen MR) is 149 cm³/mol. The Labute approximate surface area is 227 Å². The Balaban J connectivity index is 1.11. The summed E-state index contributed by atoms with van der Waals surface area (Å²) < 4.78 is 2.64. The molecular weight excluding hydrogens is 474 g/mol. The maximum absolute atomic E-state index is 11.1. The highest BCUT2D eigenvalue weighted by Crippen LogP contribution is 2.48. The van der Waals surface area contributed by atoms with E-state index in [1.165, 1.54) is 82.0 Å². The summed E-state index contributed by atoms with van der Waals surface area (Å²) >= 11 is 0. The molecule has 4 heterocycles. The molecule has 3 saturated heterocycles. The van der Waals surface area contributed by atoms with Crippen LogP contribution < -0.4 is 0 Å². The highest BCUT2D eigenvalue weighted by Gasteiger charge is 2.45. The molecule has 4 bridgehead atoms. The maximum atomic E-state index is 11.1. The van der Waals surface area contributed by atoms with Crippen LogP contribution in [-0.2, 0) is 11.3 Å². The first-order valence-corrected chi connectivity index (χ1v) is 15.5. The van der Waals surface area contributed by atoms with Crippen LogP contribution in [0.2, 0.25) is 0 Å². The van der Waals surface area contributed by atoms with Gasteiger partial charge in [0.05, 0.1) is 24.1 Å². The Morgan fingerprint density at radius 3 is 2.16 bits per heavy atom. The van der Waals surface area contributed by atoms with Crippen LogP contribution in [0.1, 0.15) is 82.5 Å². The summed E-state index contributed by atoms with van der Waals surface area (Å²) in [7, 11) is 0. The summed E-state index contributed by atoms with van der Waals surface area (Å²) in [6.45, 7) is 4.46. The largest absolute Gasteiger partial charge is 0.480 e. The SMILES string of the molecule is O=C(O)CN1CCN(Cc2nc3ccccc3n2C2CC3CCC[C@@H](C2)N3C2C[C@H]3CCC[C@@H](C2)C3)CC1. The van der Waals surface area contributed by atoms with Crippen molar-refractivity contribution in [2.45, 2.75) is 101 Å². The average molecular weight is 520 g/mol. The zero-order valence-corrected chi connectivity index (χ0v) is 22.9. The minimum atomic E-state index is -0.728. The second-order valence-electron chi connectivity index (χ2n) is 13.2. The second-order valence-corrected chi connectivity index (χ2v) is 13.2. The van der Waals surface area contributed by atoms with Crippen molar-refractivity contribution in [3.05, 3.63) is 30.1 Å². The second kappa shape index (κ2) is 10.5. The van der Waals surface area contributed by atoms with Gasteiger partial charge in [-0.05, 0) is 68.9 Å². The van der Waals surface area contributed by atoms with E-state index in [0.29, 0.717) is 6.04 Å². The van der Waals surface area contributed by atoms with Gasteiger partial charge in [-0.2, -0.15) is 0 Å². The topological polar surface area (TPSA) is 64.8 Å². The molecule has 1 N–H and O–H groups in total. The maximum Gasteiger partial charge on any atom is 0.317 e. The Kier molecular flexibility index (Phi) is 6.95. The van der Waals surface area contributed by atoms with E-state index in [4.69, 9.17) is 10.1 Å². The standard InChI is InChI=1S/C31H45N5O2/c37-31(38)21-34-13-11-33(12-14-34)20-30-32-28-9-1-2-10-29(28)36(30)27-18-24-7-4-8-25(19-27)35(24)26-16-22-5-3-6-23(15-22)17-26/h1-2,9-10,22-27H,3-8,11-21H2,(H,37,38)/t22-,23+,24-,25?,26?,27?/m0/s1. The fourth-order valence-corrected chi connectivity index (χ4v) is 9.25. The van der Waals surface area contributed by atoms with Gasteiger partial charge in [-0.15, -0.1) is 0 Å². The lowest BCUT2D eigenvalue weighted by molar-refractivity contribution is -0.138. The number of benzene rings is 1. The normalized spacial score (nSPS) is 34.9. The van der Waals surface area contributed by atoms with E-state index in [2.05, 4.69) is 43.5 Å². The quantitative estimate of drug-likeness (QED) is 0.593. The molecule has 7 heteroatoms. The van der Waals surface area contributed by atoms with Crippen molar-refractivity contribution >= 4 is 17.0 Å². The molecule has 38 heavy (non-hydrogen) atoms. The number of rotatable bonds is 6. The Morgan fingerprint density at radius 1 is 0.789 bits per heavy atom. The third kappa shape index (κ3) is 4.90. The average Bonchev–Trinajstić information content (AvgIpc) is 3.26. The molecular formula is C31H45N5O2. The van der Waals surface area contributed by atoms with Gasteiger partial charge in [-0.25, -0.2) is 4.98 Å². The highest BCUT2D eigenvalue weighted by molar-refractivity contribution is 5.76. The number of hydrogen-bond acceptors (Lipinski definition) is 5. The number of carbonyl (C=O) groups is 1. The third-order valence-corrected chi connectivity index (χ3v) is 10.8. The molecule has 5 fully saturated rings. The van der Waals surface area contributed by atoms with Gasteiger partial charge in [0, 0.05) is 50.3 Å². The van der Waals surface area contributed by atoms with Crippen molar-refractivity contribution < 1.29 is 9.90 Å². The molecule has 1 aromatic heterocycles. The number of carboxylic acids is 1. The molecule has 1 aromatic carbocycles. The fraction of sp³-hybridized carbons (Fsp3) is 0.742. The van der Waals surface area contributed by atoms with Crippen molar-refractivity contribution in [2.75, 3.05) is 32.7 Å². The molecule has 3 unspecified atom stereocenters. The van der Waals surface area contributed by atoms with Crippen LogP contribution in [-0.4, -0.2) is 86.2 Å². The van der Waals surface area contributed by atoms with E-state index in [-0.39, 0.29) is 6.54 Å². The van der Waals surface area contributed by atoms with Crippen molar-refractivity contribution in [3.8, 4) is 0 Å². The van der Waals surface area contributed by atoms with E-state index < -0.39 is 5.97 Å². The number of imidazole rings is 1. The van der Waals surface area contributed by atoms with E-state index in [1.807, 2.05) is 0 Å². The molecule has 206 valence electrons. The number of para-hydroxylation sites is 2. The molecule has 0 spiro atoms. The Hall–Kier alpha value is -1.96. The van der Waals surface area contributed by atoms with Crippen molar-refractivity contribution in [2.24, 2.45) is 11.8 Å². The van der Waals surface area contributed by atoms with E-state index in [9.17, 15) is 4.79 Å². The molecule has 3 aliphatic heterocycles. The first-order chi connectivity index (χ1) is 18.6. The Bertz CT molecular complexity index is 1110. The zero-order valence-electron chi connectivity index (χ0n) is 22.9. The summed E-state index contributed by atoms with van der Waals surface area (Å²) in [6, 6.07) is 11.6. The van der Waals surface area contributed by atoms with Crippen molar-refractivity contribution in [1.29, 1.82) is 0 Å². The summed E-state index contributed by atoms with van der Waals surface area (Å²) in [5.41, 5.74) is 2.43. The number of nitrogens with zero attached hydrogens (tertiary/aromatic N) is 5. The first-order valence-electron chi connectivity index (χ1n) is 15.5. The molecule has 2 aliphatic carbocycles. The van der Waals surface area contributed by atoms with E-state index in [1.54, 1.807) is 0 Å². The van der Waals surface area contributed by atoms with Crippen LogP contribution in [0.3, 0.4) is 0 Å². The summed E-state index contributed by atoms with van der Waals surface area (Å²) in [4.78, 5) is 23.9. The predicted octanol–water partition coefficient (Wildman–Crippen LogP) is 4.77. The lowest BCUT2D eigenvalue weighted by atomic mass is 9.68. The highest BCUT2D eigenvalue weighted by atomic mass is 16.4. The number of aromatic nitrogens is 2. The molecule has 2 saturated carbocycles. The third-order valence-electron chi connectivity index (χ3n) is 10.8. The summed E-state index contributed by atoms with van der Waals surface area (Å²) in [6.07, 6.45) is 15.5. The summed E-state index contributed by atoms with van der Waals surface area (Å²) in [5, 5.41) is 9.17.